The van der Waals surface area contributed by atoms with Crippen LogP contribution in [0.25, 0.3) is 0 Å². The Morgan fingerprint density at radius 1 is 1.26 bits per heavy atom. The van der Waals surface area contributed by atoms with Gasteiger partial charge in [-0.25, -0.2) is 10.2 Å². The Labute approximate surface area is 138 Å². The first-order valence-electron chi connectivity index (χ1n) is 6.72. The number of hydrazone groups is 1. The maximum atomic E-state index is 10.6. The van der Waals surface area contributed by atoms with E-state index in [1.54, 1.807) is 37.4 Å². The van der Waals surface area contributed by atoms with Crippen LogP contribution in [0.4, 0.5) is 4.79 Å². The van der Waals surface area contributed by atoms with E-state index in [1.807, 2.05) is 12.1 Å². The van der Waals surface area contributed by atoms with Crippen LogP contribution in [-0.2, 0) is 6.61 Å². The number of urea groups is 1. The molecule has 0 fully saturated rings. The van der Waals surface area contributed by atoms with Crippen molar-refractivity contribution in [3.8, 4) is 11.5 Å². The molecule has 7 heteroatoms. The van der Waals surface area contributed by atoms with Gasteiger partial charge in [0.2, 0.25) is 0 Å². The number of carbonyl (C=O) groups excluding carboxylic acids is 1. The Hall–Kier alpha value is -2.73. The zero-order chi connectivity index (χ0) is 16.7. The number of halogens is 1. The van der Waals surface area contributed by atoms with E-state index in [4.69, 9.17) is 26.8 Å². The summed E-state index contributed by atoms with van der Waals surface area (Å²) in [7, 11) is 1.56. The summed E-state index contributed by atoms with van der Waals surface area (Å²) in [5, 5.41) is 4.38. The summed E-state index contributed by atoms with van der Waals surface area (Å²) in [5.41, 5.74) is 8.77. The third-order valence-corrected chi connectivity index (χ3v) is 3.14. The molecule has 3 N–H and O–H groups in total. The van der Waals surface area contributed by atoms with E-state index in [9.17, 15) is 4.79 Å². The van der Waals surface area contributed by atoms with Crippen molar-refractivity contribution in [1.82, 2.24) is 5.43 Å². The van der Waals surface area contributed by atoms with Crippen LogP contribution in [0.2, 0.25) is 5.02 Å². The maximum absolute atomic E-state index is 10.6. The second kappa shape index (κ2) is 8.05. The third kappa shape index (κ3) is 5.19. The Kier molecular flexibility index (Phi) is 5.82. The molecule has 0 aliphatic heterocycles. The van der Waals surface area contributed by atoms with Crippen LogP contribution in [0.3, 0.4) is 0 Å². The standard InChI is InChI=1S/C16H16ClN3O3/c1-22-14-7-4-12(9-19-20-16(18)21)8-15(14)23-10-11-2-5-13(17)6-3-11/h2-9H,10H2,1H3,(H3,18,20,21)/b19-9+. The summed E-state index contributed by atoms with van der Waals surface area (Å²) < 4.78 is 11.1. The Balaban J connectivity index is 2.10. The molecule has 0 saturated heterocycles. The molecule has 23 heavy (non-hydrogen) atoms. The number of nitrogens with one attached hydrogen (secondary N) is 1. The minimum atomic E-state index is -0.728. The summed E-state index contributed by atoms with van der Waals surface area (Å²) in [6.07, 6.45) is 1.46. The van der Waals surface area contributed by atoms with Crippen molar-refractivity contribution in [1.29, 1.82) is 0 Å². The summed E-state index contributed by atoms with van der Waals surface area (Å²) in [4.78, 5) is 10.6. The zero-order valence-corrected chi connectivity index (χ0v) is 13.2. The van der Waals surface area contributed by atoms with Gasteiger partial charge in [-0.2, -0.15) is 5.10 Å². The number of primary amides is 1. The highest BCUT2D eigenvalue weighted by Gasteiger charge is 2.06. The number of hydrogen-bond acceptors (Lipinski definition) is 4. The normalized spacial score (nSPS) is 10.5. The van der Waals surface area contributed by atoms with Gasteiger partial charge in [0.05, 0.1) is 13.3 Å². The number of nitrogens with two attached hydrogens (primary N) is 1. The highest BCUT2D eigenvalue weighted by atomic mass is 35.5. The molecule has 6 nitrogen and oxygen atoms in total. The first-order valence-corrected chi connectivity index (χ1v) is 7.10. The lowest BCUT2D eigenvalue weighted by atomic mass is 10.2. The van der Waals surface area contributed by atoms with Crippen LogP contribution in [0.5, 0.6) is 11.5 Å². The van der Waals surface area contributed by atoms with Gasteiger partial charge in [-0.3, -0.25) is 0 Å². The van der Waals surface area contributed by atoms with Crippen LogP contribution < -0.4 is 20.6 Å². The SMILES string of the molecule is COc1ccc(/C=N/NC(N)=O)cc1OCc1ccc(Cl)cc1. The quantitative estimate of drug-likeness (QED) is 0.629. The largest absolute Gasteiger partial charge is 0.493 e. The fourth-order valence-electron chi connectivity index (χ4n) is 1.80. The first kappa shape index (κ1) is 16.6. The van der Waals surface area contributed by atoms with E-state index in [2.05, 4.69) is 10.5 Å². The summed E-state index contributed by atoms with van der Waals surface area (Å²) >= 11 is 5.85. The van der Waals surface area contributed by atoms with E-state index >= 15 is 0 Å². The Bertz CT molecular complexity index is 702. The molecule has 2 amide bonds. The predicted molar refractivity (Wildman–Crippen MR) is 89.1 cm³/mol. The molecular formula is C16H16ClN3O3. The Morgan fingerprint density at radius 2 is 2.00 bits per heavy atom. The molecule has 0 aromatic heterocycles. The van der Waals surface area contributed by atoms with Crippen molar-refractivity contribution in [3.63, 3.8) is 0 Å². The second-order valence-electron chi connectivity index (χ2n) is 4.56. The minimum absolute atomic E-state index is 0.369. The number of hydrogen-bond donors (Lipinski definition) is 2. The van der Waals surface area contributed by atoms with Crippen molar-refractivity contribution in [2.24, 2.45) is 10.8 Å². The monoisotopic (exact) mass is 333 g/mol. The number of nitrogens with zero attached hydrogens (tertiary/aromatic N) is 1. The zero-order valence-electron chi connectivity index (χ0n) is 12.5. The molecule has 2 aromatic carbocycles. The van der Waals surface area contributed by atoms with Crippen LogP contribution in [0.1, 0.15) is 11.1 Å². The number of ether oxygens (including phenoxy) is 2. The second-order valence-corrected chi connectivity index (χ2v) is 5.00. The summed E-state index contributed by atoms with van der Waals surface area (Å²) in [5.74, 6) is 1.16. The molecular weight excluding hydrogens is 318 g/mol. The van der Waals surface area contributed by atoms with Crippen molar-refractivity contribution >= 4 is 23.8 Å². The lowest BCUT2D eigenvalue weighted by Crippen LogP contribution is -2.24. The fourth-order valence-corrected chi connectivity index (χ4v) is 1.92. The fraction of sp³-hybridized carbons (Fsp3) is 0.125. The molecule has 0 saturated carbocycles. The molecule has 0 atom stereocenters. The molecule has 0 heterocycles. The Morgan fingerprint density at radius 3 is 2.65 bits per heavy atom. The van der Waals surface area contributed by atoms with Crippen molar-refractivity contribution in [2.45, 2.75) is 6.61 Å². The van der Waals surface area contributed by atoms with E-state index in [0.717, 1.165) is 11.1 Å². The third-order valence-electron chi connectivity index (χ3n) is 2.88. The van der Waals surface area contributed by atoms with Gasteiger partial charge >= 0.3 is 6.03 Å². The van der Waals surface area contributed by atoms with E-state index < -0.39 is 6.03 Å². The van der Waals surface area contributed by atoms with E-state index in [0.29, 0.717) is 23.1 Å². The topological polar surface area (TPSA) is 85.9 Å². The molecule has 0 radical (unpaired) electrons. The molecule has 0 unspecified atom stereocenters. The van der Waals surface area contributed by atoms with Crippen molar-refractivity contribution in [3.05, 3.63) is 58.6 Å². The lowest BCUT2D eigenvalue weighted by molar-refractivity contribution is 0.249. The number of benzene rings is 2. The van der Waals surface area contributed by atoms with Crippen LogP contribution in [-0.4, -0.2) is 19.4 Å². The number of amides is 2. The predicted octanol–water partition coefficient (Wildman–Crippen LogP) is 2.93. The van der Waals surface area contributed by atoms with Gasteiger partial charge in [-0.15, -0.1) is 0 Å². The molecule has 2 aromatic rings. The molecule has 120 valence electrons. The van der Waals surface area contributed by atoms with E-state index in [1.165, 1.54) is 6.21 Å². The average Bonchev–Trinajstić information content (AvgIpc) is 2.54. The molecule has 0 aliphatic carbocycles. The van der Waals surface area contributed by atoms with Crippen molar-refractivity contribution < 1.29 is 14.3 Å². The highest BCUT2D eigenvalue weighted by molar-refractivity contribution is 6.30. The van der Waals surface area contributed by atoms with Gasteiger partial charge in [0.15, 0.2) is 11.5 Å². The maximum Gasteiger partial charge on any atom is 0.332 e. The summed E-state index contributed by atoms with van der Waals surface area (Å²) in [6, 6.07) is 11.9. The van der Waals surface area contributed by atoms with E-state index in [-0.39, 0.29) is 0 Å². The van der Waals surface area contributed by atoms with Gasteiger partial charge in [0.1, 0.15) is 6.61 Å². The lowest BCUT2D eigenvalue weighted by Gasteiger charge is -2.11. The molecule has 2 rings (SSSR count). The average molecular weight is 334 g/mol. The van der Waals surface area contributed by atoms with Gasteiger partial charge in [0, 0.05) is 5.02 Å². The molecule has 0 bridgehead atoms. The van der Waals surface area contributed by atoms with Gasteiger partial charge in [-0.1, -0.05) is 23.7 Å². The molecule has 0 aliphatic rings. The highest BCUT2D eigenvalue weighted by Crippen LogP contribution is 2.28. The smallest absolute Gasteiger partial charge is 0.332 e. The number of methoxy groups -OCH3 is 1. The van der Waals surface area contributed by atoms with Crippen LogP contribution >= 0.6 is 11.6 Å². The van der Waals surface area contributed by atoms with Crippen LogP contribution in [0.15, 0.2) is 47.6 Å². The first-order chi connectivity index (χ1) is 11.1. The van der Waals surface area contributed by atoms with Crippen LogP contribution in [0, 0.1) is 0 Å². The minimum Gasteiger partial charge on any atom is -0.493 e. The van der Waals surface area contributed by atoms with Crippen molar-refractivity contribution in [2.75, 3.05) is 7.11 Å². The van der Waals surface area contributed by atoms with Gasteiger partial charge in [-0.05, 0) is 41.5 Å². The van der Waals surface area contributed by atoms with Gasteiger partial charge < -0.3 is 15.2 Å². The van der Waals surface area contributed by atoms with Gasteiger partial charge in [0.25, 0.3) is 0 Å². The number of rotatable bonds is 6. The summed E-state index contributed by atoms with van der Waals surface area (Å²) in [6.45, 7) is 0.369. The number of carbonyl (C=O) groups is 1. The molecule has 0 spiro atoms.